The molecule has 4 heteroatoms. The fraction of sp³-hybridized carbons (Fsp3) is 0.333. The molecule has 0 radical (unpaired) electrons. The molecule has 1 aliphatic rings. The number of nitrogens with one attached hydrogen (secondary N) is 1. The Morgan fingerprint density at radius 1 is 1.23 bits per heavy atom. The Kier molecular flexibility index (Phi) is 4.68. The molecule has 3 rings (SSSR count). The van der Waals surface area contributed by atoms with Crippen LogP contribution in [0.15, 0.2) is 48.8 Å². The number of amides is 1. The lowest BCUT2D eigenvalue weighted by Gasteiger charge is -2.07. The van der Waals surface area contributed by atoms with Crippen LogP contribution < -0.4 is 10.1 Å². The van der Waals surface area contributed by atoms with Gasteiger partial charge in [-0.1, -0.05) is 6.07 Å². The maximum absolute atomic E-state index is 12.1. The van der Waals surface area contributed by atoms with Crippen molar-refractivity contribution in [2.45, 2.75) is 19.3 Å². The molecule has 1 fully saturated rings. The Balaban J connectivity index is 1.44. The highest BCUT2D eigenvalue weighted by molar-refractivity contribution is 5.94. The van der Waals surface area contributed by atoms with Gasteiger partial charge in [0.05, 0.1) is 6.61 Å². The lowest BCUT2D eigenvalue weighted by atomic mass is 10.2. The molecule has 0 saturated heterocycles. The average Bonchev–Trinajstić information content (AvgIpc) is 3.39. The first kappa shape index (κ1) is 14.6. The quantitative estimate of drug-likeness (QED) is 0.854. The molecule has 1 aromatic heterocycles. The van der Waals surface area contributed by atoms with Crippen molar-refractivity contribution < 1.29 is 9.53 Å². The van der Waals surface area contributed by atoms with E-state index in [-0.39, 0.29) is 5.91 Å². The molecule has 0 spiro atoms. The van der Waals surface area contributed by atoms with Gasteiger partial charge in [0, 0.05) is 24.5 Å². The number of ether oxygens (including phenoxy) is 1. The van der Waals surface area contributed by atoms with Crippen LogP contribution in [0.1, 0.15) is 28.8 Å². The van der Waals surface area contributed by atoms with E-state index in [1.165, 1.54) is 12.8 Å². The van der Waals surface area contributed by atoms with Crippen LogP contribution in [-0.4, -0.2) is 24.0 Å². The van der Waals surface area contributed by atoms with E-state index < -0.39 is 0 Å². The summed E-state index contributed by atoms with van der Waals surface area (Å²) in [5.74, 6) is 1.51. The Morgan fingerprint density at radius 3 is 2.73 bits per heavy atom. The predicted octanol–water partition coefficient (Wildman–Crippen LogP) is 2.84. The molecule has 22 heavy (non-hydrogen) atoms. The zero-order valence-electron chi connectivity index (χ0n) is 12.5. The largest absolute Gasteiger partial charge is 0.493 e. The van der Waals surface area contributed by atoms with E-state index in [1.807, 2.05) is 42.6 Å². The summed E-state index contributed by atoms with van der Waals surface area (Å²) in [6.45, 7) is 1.39. The minimum Gasteiger partial charge on any atom is -0.493 e. The van der Waals surface area contributed by atoms with Crippen molar-refractivity contribution in [1.82, 2.24) is 10.3 Å². The van der Waals surface area contributed by atoms with Crippen LogP contribution in [0.25, 0.3) is 0 Å². The molecule has 114 valence electrons. The molecule has 0 atom stereocenters. The second-order valence-electron chi connectivity index (χ2n) is 5.65. The van der Waals surface area contributed by atoms with E-state index in [2.05, 4.69) is 10.3 Å². The molecule has 1 aliphatic carbocycles. The van der Waals surface area contributed by atoms with Crippen molar-refractivity contribution >= 4 is 5.91 Å². The van der Waals surface area contributed by atoms with E-state index in [9.17, 15) is 4.79 Å². The van der Waals surface area contributed by atoms with E-state index in [0.717, 1.165) is 30.3 Å². The average molecular weight is 296 g/mol. The van der Waals surface area contributed by atoms with Crippen molar-refractivity contribution in [2.24, 2.45) is 5.92 Å². The van der Waals surface area contributed by atoms with Gasteiger partial charge in [-0.25, -0.2) is 0 Å². The van der Waals surface area contributed by atoms with Crippen molar-refractivity contribution in [3.8, 4) is 5.75 Å². The van der Waals surface area contributed by atoms with Crippen molar-refractivity contribution in [1.29, 1.82) is 0 Å². The standard InChI is InChI=1S/C18H20N2O2/c21-18(20-11-9-14-2-1-10-19-12-14)16-5-7-17(8-6-16)22-13-15-3-4-15/h1-2,5-8,10,12,15H,3-4,9,11,13H2,(H,20,21). The molecule has 1 saturated carbocycles. The van der Waals surface area contributed by atoms with Gasteiger partial charge in [-0.2, -0.15) is 0 Å². The fourth-order valence-corrected chi connectivity index (χ4v) is 2.17. The molecule has 1 heterocycles. The topological polar surface area (TPSA) is 51.2 Å². The molecule has 4 nitrogen and oxygen atoms in total. The first-order chi connectivity index (χ1) is 10.8. The second kappa shape index (κ2) is 7.07. The van der Waals surface area contributed by atoms with E-state index in [1.54, 1.807) is 6.20 Å². The van der Waals surface area contributed by atoms with Gasteiger partial charge in [-0.15, -0.1) is 0 Å². The molecular weight excluding hydrogens is 276 g/mol. The highest BCUT2D eigenvalue weighted by Crippen LogP contribution is 2.29. The van der Waals surface area contributed by atoms with Gasteiger partial charge in [0.2, 0.25) is 0 Å². The van der Waals surface area contributed by atoms with Crippen LogP contribution in [0.2, 0.25) is 0 Å². The molecule has 0 bridgehead atoms. The molecule has 0 aliphatic heterocycles. The smallest absolute Gasteiger partial charge is 0.251 e. The molecule has 1 aromatic carbocycles. The third-order valence-electron chi connectivity index (χ3n) is 3.72. The highest BCUT2D eigenvalue weighted by Gasteiger charge is 2.21. The van der Waals surface area contributed by atoms with Crippen LogP contribution in [-0.2, 0) is 6.42 Å². The molecule has 0 unspecified atom stereocenters. The summed E-state index contributed by atoms with van der Waals surface area (Å²) in [6, 6.07) is 11.2. The zero-order chi connectivity index (χ0) is 15.2. The minimum absolute atomic E-state index is 0.0577. The third-order valence-corrected chi connectivity index (χ3v) is 3.72. The lowest BCUT2D eigenvalue weighted by molar-refractivity contribution is 0.0954. The first-order valence-corrected chi connectivity index (χ1v) is 7.71. The van der Waals surface area contributed by atoms with Crippen LogP contribution in [0, 0.1) is 5.92 Å². The Hall–Kier alpha value is -2.36. The number of nitrogens with zero attached hydrogens (tertiary/aromatic N) is 1. The molecule has 1 N–H and O–H groups in total. The van der Waals surface area contributed by atoms with Crippen molar-refractivity contribution in [2.75, 3.05) is 13.2 Å². The lowest BCUT2D eigenvalue weighted by Crippen LogP contribution is -2.25. The third kappa shape index (κ3) is 4.32. The number of pyridine rings is 1. The minimum atomic E-state index is -0.0577. The summed E-state index contributed by atoms with van der Waals surface area (Å²) in [5.41, 5.74) is 1.77. The Labute approximate surface area is 130 Å². The molecule has 2 aromatic rings. The summed E-state index contributed by atoms with van der Waals surface area (Å²) in [7, 11) is 0. The second-order valence-corrected chi connectivity index (χ2v) is 5.65. The van der Waals surface area contributed by atoms with Gasteiger partial charge in [0.1, 0.15) is 5.75 Å². The number of carbonyl (C=O) groups excluding carboxylic acids is 1. The molecular formula is C18H20N2O2. The van der Waals surface area contributed by atoms with Crippen LogP contribution >= 0.6 is 0 Å². The number of carbonyl (C=O) groups is 1. The monoisotopic (exact) mass is 296 g/mol. The summed E-state index contributed by atoms with van der Waals surface area (Å²) in [4.78, 5) is 16.1. The van der Waals surface area contributed by atoms with Gasteiger partial charge in [0.15, 0.2) is 0 Å². The van der Waals surface area contributed by atoms with Crippen LogP contribution in [0.3, 0.4) is 0 Å². The van der Waals surface area contributed by atoms with Crippen molar-refractivity contribution in [3.05, 3.63) is 59.9 Å². The number of benzene rings is 1. The summed E-state index contributed by atoms with van der Waals surface area (Å²) >= 11 is 0. The number of hydrogen-bond acceptors (Lipinski definition) is 3. The predicted molar refractivity (Wildman–Crippen MR) is 84.9 cm³/mol. The number of rotatable bonds is 7. The normalized spacial score (nSPS) is 13.6. The van der Waals surface area contributed by atoms with Crippen molar-refractivity contribution in [3.63, 3.8) is 0 Å². The highest BCUT2D eigenvalue weighted by atomic mass is 16.5. The first-order valence-electron chi connectivity index (χ1n) is 7.71. The summed E-state index contributed by atoms with van der Waals surface area (Å²) < 4.78 is 5.66. The van der Waals surface area contributed by atoms with E-state index in [4.69, 9.17) is 4.74 Å². The number of aromatic nitrogens is 1. The van der Waals surface area contributed by atoms with Crippen LogP contribution in [0.5, 0.6) is 5.75 Å². The van der Waals surface area contributed by atoms with Gasteiger partial charge >= 0.3 is 0 Å². The summed E-state index contributed by atoms with van der Waals surface area (Å²) in [5, 5.41) is 2.92. The van der Waals surface area contributed by atoms with Crippen LogP contribution in [0.4, 0.5) is 0 Å². The maximum Gasteiger partial charge on any atom is 0.251 e. The van der Waals surface area contributed by atoms with Gasteiger partial charge in [-0.3, -0.25) is 9.78 Å². The Morgan fingerprint density at radius 2 is 2.05 bits per heavy atom. The Bertz CT molecular complexity index is 607. The fourth-order valence-electron chi connectivity index (χ4n) is 2.17. The number of hydrogen-bond donors (Lipinski definition) is 1. The zero-order valence-corrected chi connectivity index (χ0v) is 12.5. The van der Waals surface area contributed by atoms with Gasteiger partial charge < -0.3 is 10.1 Å². The van der Waals surface area contributed by atoms with E-state index in [0.29, 0.717) is 12.1 Å². The van der Waals surface area contributed by atoms with Gasteiger partial charge in [0.25, 0.3) is 5.91 Å². The summed E-state index contributed by atoms with van der Waals surface area (Å²) in [6.07, 6.45) is 6.89. The maximum atomic E-state index is 12.1. The molecule has 1 amide bonds. The van der Waals surface area contributed by atoms with E-state index >= 15 is 0 Å². The SMILES string of the molecule is O=C(NCCc1cccnc1)c1ccc(OCC2CC2)cc1. The van der Waals surface area contributed by atoms with Gasteiger partial charge in [-0.05, 0) is 61.1 Å².